The van der Waals surface area contributed by atoms with Crippen molar-refractivity contribution in [3.05, 3.63) is 11.1 Å². The second kappa shape index (κ2) is 10.8. The predicted octanol–water partition coefficient (Wildman–Crippen LogP) is -1.70. The molecule has 0 aromatic heterocycles. The third-order valence-electron chi connectivity index (χ3n) is 11.9. The number of fused-ring (bicyclic) bond motifs is 5. The predicted molar refractivity (Wildman–Crippen MR) is 146 cm³/mol. The maximum absolute atomic E-state index is 14.7. The molecule has 1 aliphatic heterocycles. The van der Waals surface area contributed by atoms with E-state index in [1.807, 2.05) is 0 Å². The summed E-state index contributed by atoms with van der Waals surface area (Å²) in [6.45, 7) is 6.72. The Kier molecular flexibility index (Phi) is 8.24. The van der Waals surface area contributed by atoms with E-state index in [0.29, 0.717) is 18.4 Å². The minimum absolute atomic E-state index is 0.0883. The van der Waals surface area contributed by atoms with Gasteiger partial charge in [0, 0.05) is 17.8 Å². The Morgan fingerprint density at radius 1 is 1.05 bits per heavy atom. The van der Waals surface area contributed by atoms with Crippen LogP contribution >= 0.6 is 0 Å². The molecule has 244 valence electrons. The largest absolute Gasteiger partial charge is 0.448 e. The van der Waals surface area contributed by atoms with Crippen LogP contribution in [0.5, 0.6) is 0 Å². The van der Waals surface area contributed by atoms with Crippen LogP contribution in [0.4, 0.5) is 0 Å². The summed E-state index contributed by atoms with van der Waals surface area (Å²) in [7, 11) is 0. The average molecular weight is 615 g/mol. The molecule has 2 bridgehead atoms. The molecule has 13 nitrogen and oxygen atoms in total. The summed E-state index contributed by atoms with van der Waals surface area (Å²) >= 11 is 0. The van der Waals surface area contributed by atoms with Gasteiger partial charge in [-0.15, -0.1) is 0 Å². The molecule has 3 saturated carbocycles. The molecule has 43 heavy (non-hydrogen) atoms. The van der Waals surface area contributed by atoms with Crippen molar-refractivity contribution in [3.8, 4) is 0 Å². The van der Waals surface area contributed by atoms with Crippen molar-refractivity contribution in [3.63, 3.8) is 0 Å². The Hall–Kier alpha value is -1.52. The molecule has 8 N–H and O–H groups in total. The first kappa shape index (κ1) is 32.9. The molecule has 4 aliphatic carbocycles. The molecule has 0 radical (unpaired) electrons. The Labute approximate surface area is 250 Å². The van der Waals surface area contributed by atoms with E-state index in [1.165, 1.54) is 0 Å². The first-order chi connectivity index (χ1) is 19.9. The zero-order valence-electron chi connectivity index (χ0n) is 25.2. The third-order valence-corrected chi connectivity index (χ3v) is 11.9. The van der Waals surface area contributed by atoms with Gasteiger partial charge in [-0.2, -0.15) is 0 Å². The maximum Gasteiger partial charge on any atom is 0.333 e. The summed E-state index contributed by atoms with van der Waals surface area (Å²) in [4.78, 5) is 28.0. The number of aliphatic hydroxyl groups is 8. The van der Waals surface area contributed by atoms with Crippen molar-refractivity contribution in [2.75, 3.05) is 13.2 Å². The van der Waals surface area contributed by atoms with Crippen LogP contribution in [0, 0.1) is 28.6 Å². The molecule has 0 aromatic carbocycles. The molecule has 4 fully saturated rings. The standard InChI is InChI=1S/C30H46O13/c1-12-15(32)9-30(40)13(2)24-28(5,17(33)8-14-6-7-29(14,24)39)25(38)23(19(12)27(30,3)4)43-18(34)11-41-26-22(37)21(36)20(35)16(10-31)42-26/h13-17,20-24,26,31-33,35-37,39-40H,6-11H2,1-5H3/t13?,14-,15?,16?,17?,20?,21?,22?,23?,24?,26?,28-,29+,30?/m1/s1. The van der Waals surface area contributed by atoms with E-state index in [9.17, 15) is 50.4 Å². The number of carbonyl (C=O) groups excluding carboxylic acids is 2. The first-order valence-electron chi connectivity index (χ1n) is 15.1. The SMILES string of the molecule is CC1=C2C(OC(=O)COC3OC(CO)C(O)C(O)C3O)C(=O)[C@]3(C)C(O)C[C@H]4CC[C@@]4(O)C3C(C)C(O)(CC1O)C2(C)C. The molecule has 14 atom stereocenters. The van der Waals surface area contributed by atoms with Crippen LogP contribution in [0.25, 0.3) is 0 Å². The van der Waals surface area contributed by atoms with Crippen molar-refractivity contribution in [2.24, 2.45) is 28.6 Å². The van der Waals surface area contributed by atoms with Gasteiger partial charge < -0.3 is 55.1 Å². The monoisotopic (exact) mass is 614 g/mol. The molecular weight excluding hydrogens is 568 g/mol. The van der Waals surface area contributed by atoms with Gasteiger partial charge in [0.25, 0.3) is 0 Å². The Morgan fingerprint density at radius 2 is 1.70 bits per heavy atom. The molecule has 13 heteroatoms. The van der Waals surface area contributed by atoms with Crippen LogP contribution < -0.4 is 0 Å². The highest BCUT2D eigenvalue weighted by Crippen LogP contribution is 2.67. The second-order valence-corrected chi connectivity index (χ2v) is 14.1. The van der Waals surface area contributed by atoms with Gasteiger partial charge in [-0.25, -0.2) is 4.79 Å². The molecule has 5 aliphatic rings. The number of hydrogen-bond donors (Lipinski definition) is 8. The van der Waals surface area contributed by atoms with E-state index in [0.717, 1.165) is 0 Å². The van der Waals surface area contributed by atoms with E-state index in [2.05, 4.69) is 0 Å². The Balaban J connectivity index is 1.52. The molecule has 0 amide bonds. The minimum Gasteiger partial charge on any atom is -0.448 e. The van der Waals surface area contributed by atoms with Crippen molar-refractivity contribution >= 4 is 11.8 Å². The minimum atomic E-state index is -1.77. The number of carbonyl (C=O) groups is 2. The number of hydrogen-bond acceptors (Lipinski definition) is 13. The Morgan fingerprint density at radius 3 is 2.28 bits per heavy atom. The number of rotatable bonds is 5. The van der Waals surface area contributed by atoms with E-state index >= 15 is 0 Å². The summed E-state index contributed by atoms with van der Waals surface area (Å²) in [5.74, 6) is -3.70. The van der Waals surface area contributed by atoms with Gasteiger partial charge in [-0.05, 0) is 56.1 Å². The highest BCUT2D eigenvalue weighted by atomic mass is 16.7. The van der Waals surface area contributed by atoms with Crippen LogP contribution in [0.15, 0.2) is 11.1 Å². The van der Waals surface area contributed by atoms with Crippen molar-refractivity contribution in [1.82, 2.24) is 0 Å². The summed E-state index contributed by atoms with van der Waals surface area (Å²) in [6.07, 6.45) is -11.0. The number of esters is 1. The van der Waals surface area contributed by atoms with E-state index < -0.39 is 108 Å². The lowest BCUT2D eigenvalue weighted by molar-refractivity contribution is -0.300. The third kappa shape index (κ3) is 4.49. The zero-order chi connectivity index (χ0) is 32.0. The van der Waals surface area contributed by atoms with Crippen molar-refractivity contribution in [1.29, 1.82) is 0 Å². The fourth-order valence-electron chi connectivity index (χ4n) is 9.11. The first-order valence-corrected chi connectivity index (χ1v) is 15.1. The molecule has 1 saturated heterocycles. The van der Waals surface area contributed by atoms with E-state index in [4.69, 9.17) is 14.2 Å². The van der Waals surface area contributed by atoms with Gasteiger partial charge in [-0.3, -0.25) is 4.79 Å². The topological polar surface area (TPSA) is 224 Å². The van der Waals surface area contributed by atoms with Gasteiger partial charge >= 0.3 is 5.97 Å². The van der Waals surface area contributed by atoms with Crippen LogP contribution in [-0.4, -0.2) is 126 Å². The normalized spacial score (nSPS) is 51.0. The number of Topliss-reactive ketones (excluding diaryl/α,β-unsaturated/α-hetero) is 1. The molecule has 11 unspecified atom stereocenters. The van der Waals surface area contributed by atoms with E-state index in [1.54, 1.807) is 34.6 Å². The zero-order valence-corrected chi connectivity index (χ0v) is 25.2. The van der Waals surface area contributed by atoms with E-state index in [-0.39, 0.29) is 24.3 Å². The highest BCUT2D eigenvalue weighted by molar-refractivity contribution is 5.95. The molecule has 5 rings (SSSR count). The van der Waals surface area contributed by atoms with Gasteiger partial charge in [-0.1, -0.05) is 20.8 Å². The lowest BCUT2D eigenvalue weighted by Crippen LogP contribution is -2.75. The van der Waals surface area contributed by atoms with Crippen LogP contribution in [-0.2, 0) is 23.8 Å². The summed E-state index contributed by atoms with van der Waals surface area (Å²) in [6, 6.07) is 0. The lowest BCUT2D eigenvalue weighted by atomic mass is 9.39. The smallest absolute Gasteiger partial charge is 0.333 e. The summed E-state index contributed by atoms with van der Waals surface area (Å²) < 4.78 is 16.4. The quantitative estimate of drug-likeness (QED) is 0.128. The van der Waals surface area contributed by atoms with Crippen LogP contribution in [0.3, 0.4) is 0 Å². The molecular formula is C30H46O13. The van der Waals surface area contributed by atoms with Gasteiger partial charge in [0.15, 0.2) is 18.2 Å². The van der Waals surface area contributed by atoms with Crippen molar-refractivity contribution in [2.45, 2.75) is 121 Å². The number of aliphatic hydroxyl groups excluding tert-OH is 6. The number of ether oxygens (including phenoxy) is 3. The number of ketones is 1. The van der Waals surface area contributed by atoms with Gasteiger partial charge in [0.1, 0.15) is 31.0 Å². The van der Waals surface area contributed by atoms with Gasteiger partial charge in [0.05, 0.1) is 35.4 Å². The molecule has 0 spiro atoms. The molecule has 0 aromatic rings. The lowest BCUT2D eigenvalue weighted by Gasteiger charge is -2.68. The second-order valence-electron chi connectivity index (χ2n) is 14.1. The maximum atomic E-state index is 14.7. The van der Waals surface area contributed by atoms with Crippen molar-refractivity contribution < 1.29 is 64.7 Å². The molecule has 1 heterocycles. The Bertz CT molecular complexity index is 1170. The summed E-state index contributed by atoms with van der Waals surface area (Å²) in [5.41, 5.74) is -5.34. The van der Waals surface area contributed by atoms with Gasteiger partial charge in [0.2, 0.25) is 0 Å². The van der Waals surface area contributed by atoms with Crippen LogP contribution in [0.1, 0.15) is 60.3 Å². The summed E-state index contributed by atoms with van der Waals surface area (Å²) in [5, 5.41) is 86.8. The fraction of sp³-hybridized carbons (Fsp3) is 0.867. The van der Waals surface area contributed by atoms with Crippen LogP contribution in [0.2, 0.25) is 0 Å². The fourth-order valence-corrected chi connectivity index (χ4v) is 9.11. The average Bonchev–Trinajstić information content (AvgIpc) is 2.94. The highest BCUT2D eigenvalue weighted by Gasteiger charge is 2.73.